The highest BCUT2D eigenvalue weighted by Gasteiger charge is 2.21. The van der Waals surface area contributed by atoms with Crippen LogP contribution in [0.1, 0.15) is 34.6 Å². The van der Waals surface area contributed by atoms with Gasteiger partial charge in [-0.1, -0.05) is 19.9 Å². The van der Waals surface area contributed by atoms with Crippen LogP contribution in [0.2, 0.25) is 0 Å². The maximum Gasteiger partial charge on any atom is 0.410 e. The van der Waals surface area contributed by atoms with Gasteiger partial charge in [-0.25, -0.2) is 4.79 Å². The molecule has 0 bridgehead atoms. The van der Waals surface area contributed by atoms with Crippen LogP contribution in [0.25, 0.3) is 0 Å². The zero-order chi connectivity index (χ0) is 12.1. The van der Waals surface area contributed by atoms with Crippen LogP contribution in [0.5, 0.6) is 0 Å². The van der Waals surface area contributed by atoms with E-state index >= 15 is 0 Å². The summed E-state index contributed by atoms with van der Waals surface area (Å²) < 4.78 is 5.29. The molecule has 15 heavy (non-hydrogen) atoms. The van der Waals surface area contributed by atoms with E-state index in [0.717, 1.165) is 0 Å². The van der Waals surface area contributed by atoms with E-state index in [1.165, 1.54) is 0 Å². The Bertz CT molecular complexity index is 216. The third-order valence-corrected chi connectivity index (χ3v) is 1.59. The average Bonchev–Trinajstić information content (AvgIpc) is 1.99. The second-order valence-electron chi connectivity index (χ2n) is 5.07. The Kier molecular flexibility index (Phi) is 5.40. The smallest absolute Gasteiger partial charge is 0.410 e. The summed E-state index contributed by atoms with van der Waals surface area (Å²) in [6, 6.07) is 0. The number of ether oxygens (including phenoxy) is 1. The van der Waals surface area contributed by atoms with Crippen LogP contribution in [0.4, 0.5) is 4.79 Å². The van der Waals surface area contributed by atoms with Gasteiger partial charge < -0.3 is 9.64 Å². The molecular formula is C12H23NO2. The number of hydrogen-bond acceptors (Lipinski definition) is 2. The minimum atomic E-state index is -0.437. The molecule has 0 atom stereocenters. The summed E-state index contributed by atoms with van der Waals surface area (Å²) in [6.07, 6.45) is 1.45. The Morgan fingerprint density at radius 3 is 2.33 bits per heavy atom. The second-order valence-corrected chi connectivity index (χ2v) is 5.07. The van der Waals surface area contributed by atoms with Gasteiger partial charge in [-0.15, -0.1) is 6.58 Å². The molecule has 0 unspecified atom stereocenters. The summed E-state index contributed by atoms with van der Waals surface area (Å²) in [5.41, 5.74) is -0.437. The Hall–Kier alpha value is -0.990. The predicted octanol–water partition coefficient (Wildman–Crippen LogP) is 3.07. The van der Waals surface area contributed by atoms with Gasteiger partial charge in [-0.2, -0.15) is 0 Å². The summed E-state index contributed by atoms with van der Waals surface area (Å²) in [5.74, 6) is 0.428. The Labute approximate surface area is 93.1 Å². The maximum absolute atomic E-state index is 11.7. The first-order valence-electron chi connectivity index (χ1n) is 5.35. The van der Waals surface area contributed by atoms with Crippen molar-refractivity contribution in [3.63, 3.8) is 0 Å². The van der Waals surface area contributed by atoms with Crippen LogP contribution in [0.3, 0.4) is 0 Å². The lowest BCUT2D eigenvalue weighted by atomic mass is 10.2. The number of carbonyl (C=O) groups excluding carboxylic acids is 1. The van der Waals surface area contributed by atoms with Gasteiger partial charge in [0.1, 0.15) is 5.60 Å². The van der Waals surface area contributed by atoms with Gasteiger partial charge in [0.05, 0.1) is 0 Å². The van der Waals surface area contributed by atoms with Gasteiger partial charge in [0.25, 0.3) is 0 Å². The standard InChI is InChI=1S/C12H23NO2/c1-7-8-13(9-10(2)3)11(14)15-12(4,5)6/h7,10H,1,8-9H2,2-6H3. The van der Waals surface area contributed by atoms with E-state index in [4.69, 9.17) is 4.74 Å². The minimum absolute atomic E-state index is 0.267. The van der Waals surface area contributed by atoms with Gasteiger partial charge in [-0.05, 0) is 26.7 Å². The van der Waals surface area contributed by atoms with Crippen LogP contribution < -0.4 is 0 Å². The molecule has 3 heteroatoms. The first kappa shape index (κ1) is 14.0. The molecule has 0 aliphatic rings. The largest absolute Gasteiger partial charge is 0.444 e. The average molecular weight is 213 g/mol. The van der Waals surface area contributed by atoms with Gasteiger partial charge in [0.2, 0.25) is 0 Å². The number of amides is 1. The van der Waals surface area contributed by atoms with Crippen molar-refractivity contribution in [3.05, 3.63) is 12.7 Å². The van der Waals surface area contributed by atoms with E-state index in [0.29, 0.717) is 19.0 Å². The summed E-state index contributed by atoms with van der Waals surface area (Å²) in [6.45, 7) is 14.6. The molecule has 1 amide bonds. The van der Waals surface area contributed by atoms with Crippen molar-refractivity contribution in [2.24, 2.45) is 5.92 Å². The van der Waals surface area contributed by atoms with Crippen molar-refractivity contribution in [3.8, 4) is 0 Å². The Morgan fingerprint density at radius 1 is 1.47 bits per heavy atom. The lowest BCUT2D eigenvalue weighted by Gasteiger charge is -2.27. The Morgan fingerprint density at radius 2 is 2.00 bits per heavy atom. The molecule has 0 saturated heterocycles. The van der Waals surface area contributed by atoms with E-state index in [2.05, 4.69) is 20.4 Å². The molecule has 0 spiro atoms. The van der Waals surface area contributed by atoms with Crippen LogP contribution >= 0.6 is 0 Å². The molecule has 3 nitrogen and oxygen atoms in total. The number of nitrogens with zero attached hydrogens (tertiary/aromatic N) is 1. The van der Waals surface area contributed by atoms with Crippen molar-refractivity contribution in [1.29, 1.82) is 0 Å². The molecule has 0 fully saturated rings. The molecule has 0 radical (unpaired) electrons. The van der Waals surface area contributed by atoms with Crippen LogP contribution in [-0.4, -0.2) is 29.7 Å². The third kappa shape index (κ3) is 7.00. The fourth-order valence-corrected chi connectivity index (χ4v) is 1.15. The molecule has 0 aromatic heterocycles. The molecule has 0 rings (SSSR count). The van der Waals surface area contributed by atoms with Crippen LogP contribution in [0, 0.1) is 5.92 Å². The first-order chi connectivity index (χ1) is 6.76. The highest BCUT2D eigenvalue weighted by molar-refractivity contribution is 5.68. The molecular weight excluding hydrogens is 190 g/mol. The first-order valence-corrected chi connectivity index (χ1v) is 5.35. The van der Waals surface area contributed by atoms with Gasteiger partial charge >= 0.3 is 6.09 Å². The second kappa shape index (κ2) is 5.79. The zero-order valence-electron chi connectivity index (χ0n) is 10.5. The molecule has 88 valence electrons. The number of carbonyl (C=O) groups is 1. The SMILES string of the molecule is C=CCN(CC(C)C)C(=O)OC(C)(C)C. The van der Waals surface area contributed by atoms with Crippen LogP contribution in [0.15, 0.2) is 12.7 Å². The normalized spacial score (nSPS) is 11.3. The van der Waals surface area contributed by atoms with Crippen molar-refractivity contribution < 1.29 is 9.53 Å². The van der Waals surface area contributed by atoms with Crippen LogP contribution in [-0.2, 0) is 4.74 Å². The van der Waals surface area contributed by atoms with E-state index < -0.39 is 5.60 Å². The topological polar surface area (TPSA) is 29.5 Å². The Balaban J connectivity index is 4.35. The fraction of sp³-hybridized carbons (Fsp3) is 0.750. The van der Waals surface area contributed by atoms with E-state index in [1.807, 2.05) is 20.8 Å². The summed E-state index contributed by atoms with van der Waals surface area (Å²) in [4.78, 5) is 13.4. The zero-order valence-corrected chi connectivity index (χ0v) is 10.5. The monoisotopic (exact) mass is 213 g/mol. The van der Waals surface area contributed by atoms with E-state index in [1.54, 1.807) is 11.0 Å². The van der Waals surface area contributed by atoms with E-state index in [9.17, 15) is 4.79 Å². The van der Waals surface area contributed by atoms with Gasteiger partial charge in [0.15, 0.2) is 0 Å². The summed E-state index contributed by atoms with van der Waals surface area (Å²) in [5, 5.41) is 0. The summed E-state index contributed by atoms with van der Waals surface area (Å²) >= 11 is 0. The number of hydrogen-bond donors (Lipinski definition) is 0. The van der Waals surface area contributed by atoms with Gasteiger partial charge in [-0.3, -0.25) is 0 Å². The molecule has 0 saturated carbocycles. The molecule has 0 heterocycles. The lowest BCUT2D eigenvalue weighted by Crippen LogP contribution is -2.38. The molecule has 0 aliphatic heterocycles. The molecule has 0 aliphatic carbocycles. The van der Waals surface area contributed by atoms with Gasteiger partial charge in [0, 0.05) is 13.1 Å². The lowest BCUT2D eigenvalue weighted by molar-refractivity contribution is 0.0252. The van der Waals surface area contributed by atoms with Crippen molar-refractivity contribution in [2.75, 3.05) is 13.1 Å². The highest BCUT2D eigenvalue weighted by atomic mass is 16.6. The predicted molar refractivity (Wildman–Crippen MR) is 62.8 cm³/mol. The molecule has 0 aromatic rings. The van der Waals surface area contributed by atoms with E-state index in [-0.39, 0.29) is 6.09 Å². The quantitative estimate of drug-likeness (QED) is 0.672. The highest BCUT2D eigenvalue weighted by Crippen LogP contribution is 2.11. The number of rotatable bonds is 4. The third-order valence-electron chi connectivity index (χ3n) is 1.59. The molecule has 0 aromatic carbocycles. The minimum Gasteiger partial charge on any atom is -0.444 e. The molecule has 0 N–H and O–H groups in total. The van der Waals surface area contributed by atoms with Crippen molar-refractivity contribution in [2.45, 2.75) is 40.2 Å². The fourth-order valence-electron chi connectivity index (χ4n) is 1.15. The van der Waals surface area contributed by atoms with Crippen molar-refractivity contribution >= 4 is 6.09 Å². The summed E-state index contributed by atoms with van der Waals surface area (Å²) in [7, 11) is 0. The maximum atomic E-state index is 11.7. The van der Waals surface area contributed by atoms with Crippen molar-refractivity contribution in [1.82, 2.24) is 4.90 Å².